The number of methoxy groups -OCH3 is 1. The van der Waals surface area contributed by atoms with E-state index < -0.39 is 0 Å². The molecule has 4 heteroatoms. The molecule has 0 aliphatic carbocycles. The minimum Gasteiger partial charge on any atom is -0.496 e. The van der Waals surface area contributed by atoms with E-state index in [1.54, 1.807) is 19.4 Å². The first-order valence-electron chi connectivity index (χ1n) is 8.68. The summed E-state index contributed by atoms with van der Waals surface area (Å²) < 4.78 is 5.44. The highest BCUT2D eigenvalue weighted by atomic mass is 16.5. The van der Waals surface area contributed by atoms with Crippen molar-refractivity contribution < 1.29 is 9.53 Å². The van der Waals surface area contributed by atoms with Gasteiger partial charge in [-0.25, -0.2) is 0 Å². The molecule has 3 aromatic rings. The molecule has 3 rings (SSSR count). The van der Waals surface area contributed by atoms with Gasteiger partial charge in [0.1, 0.15) is 5.75 Å². The van der Waals surface area contributed by atoms with E-state index in [0.29, 0.717) is 12.1 Å². The van der Waals surface area contributed by atoms with Crippen LogP contribution in [0, 0.1) is 0 Å². The molecular weight excluding hydrogens is 324 g/mol. The first-order chi connectivity index (χ1) is 12.8. The maximum Gasteiger partial charge on any atom is 0.251 e. The van der Waals surface area contributed by atoms with Crippen molar-refractivity contribution in [2.24, 2.45) is 0 Å². The molecule has 0 aliphatic rings. The Bertz CT molecular complexity index is 849. The Balaban J connectivity index is 1.64. The highest BCUT2D eigenvalue weighted by Crippen LogP contribution is 2.30. The van der Waals surface area contributed by atoms with Crippen LogP contribution in [0.2, 0.25) is 0 Å². The molecule has 0 saturated carbocycles. The average Bonchev–Trinajstić information content (AvgIpc) is 2.72. The molecule has 0 bridgehead atoms. The summed E-state index contributed by atoms with van der Waals surface area (Å²) >= 11 is 0. The van der Waals surface area contributed by atoms with Crippen LogP contribution in [0.15, 0.2) is 73.1 Å². The molecule has 0 saturated heterocycles. The molecule has 4 nitrogen and oxygen atoms in total. The van der Waals surface area contributed by atoms with Gasteiger partial charge in [0.05, 0.1) is 7.11 Å². The fourth-order valence-corrected chi connectivity index (χ4v) is 2.84. The number of rotatable bonds is 7. The lowest BCUT2D eigenvalue weighted by Crippen LogP contribution is -2.24. The zero-order valence-electron chi connectivity index (χ0n) is 14.8. The molecule has 0 aliphatic heterocycles. The predicted molar refractivity (Wildman–Crippen MR) is 103 cm³/mol. The van der Waals surface area contributed by atoms with E-state index in [1.165, 1.54) is 5.56 Å². The number of ether oxygens (including phenoxy) is 1. The summed E-state index contributed by atoms with van der Waals surface area (Å²) in [5, 5.41) is 2.99. The number of aryl methyl sites for hydroxylation is 1. The van der Waals surface area contributed by atoms with Crippen LogP contribution in [-0.2, 0) is 6.42 Å². The van der Waals surface area contributed by atoms with Crippen molar-refractivity contribution in [2.75, 3.05) is 13.7 Å². The van der Waals surface area contributed by atoms with E-state index in [-0.39, 0.29) is 5.91 Å². The fourth-order valence-electron chi connectivity index (χ4n) is 2.84. The van der Waals surface area contributed by atoms with Crippen LogP contribution in [0.25, 0.3) is 11.1 Å². The van der Waals surface area contributed by atoms with Crippen molar-refractivity contribution in [3.05, 3.63) is 84.2 Å². The molecule has 0 atom stereocenters. The zero-order valence-corrected chi connectivity index (χ0v) is 14.8. The number of carbonyl (C=O) groups is 1. The number of nitrogens with one attached hydrogen (secondary N) is 1. The topological polar surface area (TPSA) is 51.2 Å². The van der Waals surface area contributed by atoms with Crippen molar-refractivity contribution in [1.82, 2.24) is 10.3 Å². The van der Waals surface area contributed by atoms with E-state index >= 15 is 0 Å². The monoisotopic (exact) mass is 346 g/mol. The molecule has 0 unspecified atom stereocenters. The lowest BCUT2D eigenvalue weighted by Gasteiger charge is -2.11. The van der Waals surface area contributed by atoms with Gasteiger partial charge >= 0.3 is 0 Å². The van der Waals surface area contributed by atoms with E-state index in [9.17, 15) is 4.79 Å². The Labute approximate surface area is 153 Å². The quantitative estimate of drug-likeness (QED) is 0.655. The van der Waals surface area contributed by atoms with Crippen molar-refractivity contribution in [3.63, 3.8) is 0 Å². The van der Waals surface area contributed by atoms with Crippen molar-refractivity contribution in [1.29, 1.82) is 0 Å². The smallest absolute Gasteiger partial charge is 0.251 e. The second-order valence-electron chi connectivity index (χ2n) is 6.00. The van der Waals surface area contributed by atoms with Gasteiger partial charge in [-0.05, 0) is 48.2 Å². The van der Waals surface area contributed by atoms with Gasteiger partial charge in [0, 0.05) is 30.1 Å². The van der Waals surface area contributed by atoms with Crippen LogP contribution in [0.3, 0.4) is 0 Å². The summed E-state index contributed by atoms with van der Waals surface area (Å²) in [6.07, 6.45) is 5.39. The van der Waals surface area contributed by atoms with Gasteiger partial charge in [-0.1, -0.05) is 36.4 Å². The van der Waals surface area contributed by atoms with E-state index in [1.807, 2.05) is 60.8 Å². The number of aromatic nitrogens is 1. The van der Waals surface area contributed by atoms with E-state index in [0.717, 1.165) is 29.7 Å². The summed E-state index contributed by atoms with van der Waals surface area (Å²) in [6.45, 7) is 0.625. The average molecular weight is 346 g/mol. The number of hydrogen-bond donors (Lipinski definition) is 1. The standard InChI is InChI=1S/C22H22N2O2/c1-26-21-12-11-19(15-20(21)18-9-3-2-4-10-18)22(25)24-14-6-8-17-7-5-13-23-16-17/h2-5,7,9-13,15-16H,6,8,14H2,1H3,(H,24,25). The molecule has 0 fully saturated rings. The van der Waals surface area contributed by atoms with Crippen molar-refractivity contribution >= 4 is 5.91 Å². The van der Waals surface area contributed by atoms with Crippen LogP contribution in [0.4, 0.5) is 0 Å². The van der Waals surface area contributed by atoms with Crippen molar-refractivity contribution in [3.8, 4) is 16.9 Å². The molecule has 132 valence electrons. The number of nitrogens with zero attached hydrogens (tertiary/aromatic N) is 1. The van der Waals surface area contributed by atoms with Crippen LogP contribution >= 0.6 is 0 Å². The normalized spacial score (nSPS) is 10.3. The number of benzene rings is 2. The highest BCUT2D eigenvalue weighted by Gasteiger charge is 2.11. The largest absolute Gasteiger partial charge is 0.496 e. The first-order valence-corrected chi connectivity index (χ1v) is 8.68. The molecule has 1 amide bonds. The Kier molecular flexibility index (Phi) is 5.99. The molecule has 0 radical (unpaired) electrons. The molecule has 1 aromatic heterocycles. The Morgan fingerprint density at radius 3 is 2.65 bits per heavy atom. The molecular formula is C22H22N2O2. The Morgan fingerprint density at radius 2 is 1.92 bits per heavy atom. The second-order valence-corrected chi connectivity index (χ2v) is 6.00. The molecule has 1 heterocycles. The van der Waals surface area contributed by atoms with Crippen LogP contribution < -0.4 is 10.1 Å². The minimum atomic E-state index is -0.0731. The summed E-state index contributed by atoms with van der Waals surface area (Å²) in [4.78, 5) is 16.6. The predicted octanol–water partition coefficient (Wildman–Crippen LogP) is 4.12. The second kappa shape index (κ2) is 8.81. The van der Waals surface area contributed by atoms with Gasteiger partial charge in [0.25, 0.3) is 5.91 Å². The Hall–Kier alpha value is -3.14. The third-order valence-corrected chi connectivity index (χ3v) is 4.20. The summed E-state index contributed by atoms with van der Waals surface area (Å²) in [5.74, 6) is 0.681. The van der Waals surface area contributed by atoms with E-state index in [2.05, 4.69) is 10.3 Å². The molecule has 0 spiro atoms. The third kappa shape index (κ3) is 4.48. The van der Waals surface area contributed by atoms with Crippen LogP contribution in [0.5, 0.6) is 5.75 Å². The van der Waals surface area contributed by atoms with E-state index in [4.69, 9.17) is 4.74 Å². The van der Waals surface area contributed by atoms with Gasteiger partial charge in [-0.2, -0.15) is 0 Å². The maximum absolute atomic E-state index is 12.5. The lowest BCUT2D eigenvalue weighted by molar-refractivity contribution is 0.0953. The first kappa shape index (κ1) is 17.7. The Morgan fingerprint density at radius 1 is 1.08 bits per heavy atom. The summed E-state index contributed by atoms with van der Waals surface area (Å²) in [7, 11) is 1.64. The molecule has 1 N–H and O–H groups in total. The number of carbonyl (C=O) groups excluding carboxylic acids is 1. The number of amides is 1. The number of hydrogen-bond acceptors (Lipinski definition) is 3. The van der Waals surface area contributed by atoms with Gasteiger partial charge in [-0.15, -0.1) is 0 Å². The highest BCUT2D eigenvalue weighted by molar-refractivity contribution is 5.96. The van der Waals surface area contributed by atoms with Crippen LogP contribution in [-0.4, -0.2) is 24.5 Å². The third-order valence-electron chi connectivity index (χ3n) is 4.20. The minimum absolute atomic E-state index is 0.0731. The lowest BCUT2D eigenvalue weighted by atomic mass is 10.0. The fraction of sp³-hybridized carbons (Fsp3) is 0.182. The maximum atomic E-state index is 12.5. The zero-order chi connectivity index (χ0) is 18.2. The van der Waals surface area contributed by atoms with Crippen molar-refractivity contribution in [2.45, 2.75) is 12.8 Å². The van der Waals surface area contributed by atoms with Gasteiger partial charge < -0.3 is 10.1 Å². The SMILES string of the molecule is COc1ccc(C(=O)NCCCc2cccnc2)cc1-c1ccccc1. The van der Waals surface area contributed by atoms with Gasteiger partial charge in [0.15, 0.2) is 0 Å². The number of pyridine rings is 1. The van der Waals surface area contributed by atoms with Gasteiger partial charge in [-0.3, -0.25) is 9.78 Å². The summed E-state index contributed by atoms with van der Waals surface area (Å²) in [5.41, 5.74) is 3.75. The van der Waals surface area contributed by atoms with Crippen LogP contribution in [0.1, 0.15) is 22.3 Å². The van der Waals surface area contributed by atoms with Gasteiger partial charge in [0.2, 0.25) is 0 Å². The molecule has 26 heavy (non-hydrogen) atoms. The summed E-state index contributed by atoms with van der Waals surface area (Å²) in [6, 6.07) is 19.4. The molecule has 2 aromatic carbocycles.